The highest BCUT2D eigenvalue weighted by Crippen LogP contribution is 2.36. The maximum atomic E-state index is 14.1. The first-order valence-corrected chi connectivity index (χ1v) is 7.02. The van der Waals surface area contributed by atoms with Gasteiger partial charge in [-0.05, 0) is 5.92 Å². The van der Waals surface area contributed by atoms with Crippen molar-refractivity contribution in [3.8, 4) is 0 Å². The molecule has 0 saturated carbocycles. The summed E-state index contributed by atoms with van der Waals surface area (Å²) in [5.41, 5.74) is 0. The zero-order valence-corrected chi connectivity index (χ0v) is 12.7. The molecule has 6 atom stereocenters. The Labute approximate surface area is 123 Å². The minimum Gasteiger partial charge on any atom is -0.456 e. The first-order valence-electron chi connectivity index (χ1n) is 7.02. The van der Waals surface area contributed by atoms with Crippen LogP contribution < -0.4 is 0 Å². The van der Waals surface area contributed by atoms with Crippen LogP contribution in [0.4, 0.5) is 4.39 Å². The molecule has 1 heterocycles. The van der Waals surface area contributed by atoms with E-state index < -0.39 is 36.6 Å². The molecule has 0 aliphatic carbocycles. The van der Waals surface area contributed by atoms with Crippen molar-refractivity contribution in [1.29, 1.82) is 0 Å². The van der Waals surface area contributed by atoms with Gasteiger partial charge < -0.3 is 19.3 Å². The highest BCUT2D eigenvalue weighted by molar-refractivity contribution is 5.67. The molecule has 1 aliphatic rings. The first kappa shape index (κ1) is 17.8. The molecule has 122 valence electrons. The topological polar surface area (TPSA) is 82.1 Å². The predicted molar refractivity (Wildman–Crippen MR) is 70.9 cm³/mol. The third kappa shape index (κ3) is 4.64. The van der Waals surface area contributed by atoms with E-state index in [-0.39, 0.29) is 24.9 Å². The van der Waals surface area contributed by atoms with Gasteiger partial charge in [-0.25, -0.2) is 4.39 Å². The van der Waals surface area contributed by atoms with Gasteiger partial charge in [0.25, 0.3) is 0 Å². The van der Waals surface area contributed by atoms with E-state index in [0.29, 0.717) is 0 Å². The van der Waals surface area contributed by atoms with Crippen LogP contribution in [0, 0.1) is 11.8 Å². The number of aliphatic hydroxyl groups excluding tert-OH is 1. The Morgan fingerprint density at radius 2 is 1.76 bits per heavy atom. The lowest BCUT2D eigenvalue weighted by atomic mass is 9.81. The second-order valence-corrected chi connectivity index (χ2v) is 5.40. The zero-order chi connectivity index (χ0) is 16.2. The van der Waals surface area contributed by atoms with E-state index in [2.05, 4.69) is 0 Å². The lowest BCUT2D eigenvalue weighted by molar-refractivity contribution is -0.275. The van der Waals surface area contributed by atoms with Crippen molar-refractivity contribution in [2.24, 2.45) is 11.8 Å². The minimum absolute atomic E-state index is 0.0627. The molecule has 0 aromatic rings. The van der Waals surface area contributed by atoms with Crippen LogP contribution in [-0.2, 0) is 23.8 Å². The van der Waals surface area contributed by atoms with Crippen LogP contribution in [0.3, 0.4) is 0 Å². The third-order valence-electron chi connectivity index (χ3n) is 3.77. The van der Waals surface area contributed by atoms with Crippen molar-refractivity contribution in [1.82, 2.24) is 0 Å². The number of aliphatic hydroxyl groups is 1. The normalized spacial score (nSPS) is 34.1. The molecule has 0 aromatic heterocycles. The lowest BCUT2D eigenvalue weighted by Crippen LogP contribution is -2.55. The van der Waals surface area contributed by atoms with Gasteiger partial charge in [-0.2, -0.15) is 0 Å². The van der Waals surface area contributed by atoms with Crippen LogP contribution in [-0.4, -0.2) is 48.3 Å². The van der Waals surface area contributed by atoms with Crippen LogP contribution in [0.5, 0.6) is 0 Å². The van der Waals surface area contributed by atoms with Crippen molar-refractivity contribution < 1.29 is 33.3 Å². The SMILES string of the molecule is CC(=O)OC1OC([C@@H](F)CCO)[C@@H](C)[C@H](C)C1OC(C)=O. The van der Waals surface area contributed by atoms with E-state index in [1.165, 1.54) is 13.8 Å². The Balaban J connectivity index is 2.92. The van der Waals surface area contributed by atoms with Crippen LogP contribution in [0.25, 0.3) is 0 Å². The molecular formula is C14H23FO6. The quantitative estimate of drug-likeness (QED) is 0.769. The number of halogens is 1. The second kappa shape index (κ2) is 7.70. The Bertz CT molecular complexity index is 374. The smallest absolute Gasteiger partial charge is 0.305 e. The number of hydrogen-bond acceptors (Lipinski definition) is 6. The van der Waals surface area contributed by atoms with Gasteiger partial charge in [0.15, 0.2) is 6.10 Å². The number of ether oxygens (including phenoxy) is 3. The molecular weight excluding hydrogens is 283 g/mol. The maximum absolute atomic E-state index is 14.1. The van der Waals surface area contributed by atoms with Gasteiger partial charge in [-0.3, -0.25) is 9.59 Å². The van der Waals surface area contributed by atoms with Crippen LogP contribution in [0.2, 0.25) is 0 Å². The van der Waals surface area contributed by atoms with Crippen molar-refractivity contribution >= 4 is 11.9 Å². The molecule has 0 spiro atoms. The molecule has 3 unspecified atom stereocenters. The fourth-order valence-electron chi connectivity index (χ4n) is 2.52. The summed E-state index contributed by atoms with van der Waals surface area (Å²) in [4.78, 5) is 22.3. The van der Waals surface area contributed by atoms with Crippen molar-refractivity contribution in [3.63, 3.8) is 0 Å². The number of carbonyl (C=O) groups is 2. The summed E-state index contributed by atoms with van der Waals surface area (Å²) in [6.45, 7) is 5.72. The van der Waals surface area contributed by atoms with Gasteiger partial charge in [0.05, 0.1) is 6.10 Å². The maximum Gasteiger partial charge on any atom is 0.305 e. The Morgan fingerprint density at radius 1 is 1.19 bits per heavy atom. The predicted octanol–water partition coefficient (Wildman–Crippen LogP) is 1.20. The van der Waals surface area contributed by atoms with Gasteiger partial charge >= 0.3 is 11.9 Å². The molecule has 1 aliphatic heterocycles. The Hall–Kier alpha value is -1.21. The van der Waals surface area contributed by atoms with E-state index in [9.17, 15) is 14.0 Å². The van der Waals surface area contributed by atoms with Crippen LogP contribution in [0.1, 0.15) is 34.1 Å². The number of alkyl halides is 1. The average Bonchev–Trinajstić information content (AvgIpc) is 2.37. The van der Waals surface area contributed by atoms with Crippen LogP contribution in [0.15, 0.2) is 0 Å². The number of carbonyl (C=O) groups excluding carboxylic acids is 2. The molecule has 1 N–H and O–H groups in total. The zero-order valence-electron chi connectivity index (χ0n) is 12.7. The molecule has 0 radical (unpaired) electrons. The first-order chi connectivity index (χ1) is 9.77. The van der Waals surface area contributed by atoms with Gasteiger partial charge in [-0.1, -0.05) is 13.8 Å². The van der Waals surface area contributed by atoms with E-state index in [1.54, 1.807) is 13.8 Å². The summed E-state index contributed by atoms with van der Waals surface area (Å²) in [7, 11) is 0. The average molecular weight is 306 g/mol. The van der Waals surface area contributed by atoms with Gasteiger partial charge in [0.1, 0.15) is 6.17 Å². The molecule has 1 fully saturated rings. The lowest BCUT2D eigenvalue weighted by Gasteiger charge is -2.44. The summed E-state index contributed by atoms with van der Waals surface area (Å²) in [5.74, 6) is -1.64. The largest absolute Gasteiger partial charge is 0.456 e. The van der Waals surface area contributed by atoms with E-state index in [4.69, 9.17) is 19.3 Å². The highest BCUT2D eigenvalue weighted by atomic mass is 19.1. The molecule has 1 rings (SSSR count). The standard InChI is InChI=1S/C14H23FO6/c1-7-8(2)13(19-9(3)17)14(20-10(4)18)21-12(7)11(15)5-6-16/h7-8,11-14,16H,5-6H2,1-4H3/t7-,8-,11-,12?,13?,14?/m0/s1. The summed E-state index contributed by atoms with van der Waals surface area (Å²) < 4.78 is 29.8. The molecule has 7 heteroatoms. The number of rotatable bonds is 5. The van der Waals surface area contributed by atoms with Gasteiger partial charge in [-0.15, -0.1) is 0 Å². The van der Waals surface area contributed by atoms with Crippen molar-refractivity contribution in [3.05, 3.63) is 0 Å². The number of esters is 2. The molecule has 1 saturated heterocycles. The Kier molecular flexibility index (Phi) is 6.54. The fraction of sp³-hybridized carbons (Fsp3) is 0.857. The van der Waals surface area contributed by atoms with E-state index >= 15 is 0 Å². The third-order valence-corrected chi connectivity index (χ3v) is 3.77. The minimum atomic E-state index is -1.39. The van der Waals surface area contributed by atoms with Crippen molar-refractivity contribution in [2.45, 2.75) is 58.8 Å². The van der Waals surface area contributed by atoms with Crippen molar-refractivity contribution in [2.75, 3.05) is 6.61 Å². The molecule has 0 aromatic carbocycles. The highest BCUT2D eigenvalue weighted by Gasteiger charge is 2.47. The van der Waals surface area contributed by atoms with Gasteiger partial charge in [0.2, 0.25) is 6.29 Å². The molecule has 21 heavy (non-hydrogen) atoms. The summed E-state index contributed by atoms with van der Waals surface area (Å²) in [5, 5.41) is 8.85. The summed E-state index contributed by atoms with van der Waals surface area (Å²) in [6, 6.07) is 0. The second-order valence-electron chi connectivity index (χ2n) is 5.40. The summed E-state index contributed by atoms with van der Waals surface area (Å²) >= 11 is 0. The monoisotopic (exact) mass is 306 g/mol. The molecule has 6 nitrogen and oxygen atoms in total. The summed E-state index contributed by atoms with van der Waals surface area (Å²) in [6.07, 6.45) is -4.20. The van der Waals surface area contributed by atoms with E-state index in [0.717, 1.165) is 0 Å². The Morgan fingerprint density at radius 3 is 2.24 bits per heavy atom. The fourth-order valence-corrected chi connectivity index (χ4v) is 2.52. The molecule has 0 bridgehead atoms. The van der Waals surface area contributed by atoms with E-state index in [1.807, 2.05) is 0 Å². The van der Waals surface area contributed by atoms with Gasteiger partial charge in [0, 0.05) is 32.8 Å². The van der Waals surface area contributed by atoms with Crippen LogP contribution >= 0.6 is 0 Å². The molecule has 0 amide bonds. The number of hydrogen-bond donors (Lipinski definition) is 1.